The van der Waals surface area contributed by atoms with Gasteiger partial charge in [0.15, 0.2) is 0 Å². The van der Waals surface area contributed by atoms with Crippen molar-refractivity contribution in [1.29, 1.82) is 0 Å². The molecule has 6 nitrogen and oxygen atoms in total. The number of benzene rings is 1. The molecule has 126 valence electrons. The summed E-state index contributed by atoms with van der Waals surface area (Å²) < 4.78 is 5.48. The van der Waals surface area contributed by atoms with E-state index in [-0.39, 0.29) is 29.7 Å². The number of primary amides is 1. The Morgan fingerprint density at radius 2 is 1.96 bits per heavy atom. The highest BCUT2D eigenvalue weighted by Gasteiger charge is 2.27. The number of carbonyl (C=O) groups is 2. The smallest absolute Gasteiger partial charge is 0.238 e. The van der Waals surface area contributed by atoms with Crippen LogP contribution in [0.5, 0.6) is 0 Å². The lowest BCUT2D eigenvalue weighted by molar-refractivity contribution is -0.121. The van der Waals surface area contributed by atoms with Gasteiger partial charge in [0.2, 0.25) is 11.8 Å². The number of para-hydroxylation sites is 1. The Morgan fingerprint density at radius 1 is 1.30 bits per heavy atom. The standard InChI is InChI=1S/C16H23N3O3S/c1-11-8-22-9-12(2)19(11)7-16(21)18-13-5-3-4-6-14(13)23-10-15(17)20/h3-6,11-12H,7-10H2,1-2H3,(H2,17,20)(H,18,21). The molecule has 1 aromatic rings. The van der Waals surface area contributed by atoms with Crippen molar-refractivity contribution in [3.63, 3.8) is 0 Å². The molecule has 2 amide bonds. The van der Waals surface area contributed by atoms with Gasteiger partial charge in [0.05, 0.1) is 31.2 Å². The molecule has 0 aliphatic carbocycles. The van der Waals surface area contributed by atoms with Crippen LogP contribution in [0.25, 0.3) is 0 Å². The highest BCUT2D eigenvalue weighted by Crippen LogP contribution is 2.26. The fraction of sp³-hybridized carbons (Fsp3) is 0.500. The maximum absolute atomic E-state index is 12.4. The van der Waals surface area contributed by atoms with E-state index < -0.39 is 0 Å². The van der Waals surface area contributed by atoms with Gasteiger partial charge < -0.3 is 15.8 Å². The van der Waals surface area contributed by atoms with E-state index in [0.29, 0.717) is 25.4 Å². The average molecular weight is 337 g/mol. The fourth-order valence-electron chi connectivity index (χ4n) is 2.55. The number of carbonyl (C=O) groups excluding carboxylic acids is 2. The van der Waals surface area contributed by atoms with Gasteiger partial charge in [-0.25, -0.2) is 0 Å². The molecule has 1 fully saturated rings. The van der Waals surface area contributed by atoms with Gasteiger partial charge in [0.1, 0.15) is 0 Å². The molecule has 1 aromatic carbocycles. The van der Waals surface area contributed by atoms with E-state index in [2.05, 4.69) is 24.1 Å². The molecule has 0 saturated carbocycles. The first-order valence-electron chi connectivity index (χ1n) is 7.61. The Balaban J connectivity index is 1.98. The van der Waals surface area contributed by atoms with E-state index in [4.69, 9.17) is 10.5 Å². The minimum Gasteiger partial charge on any atom is -0.378 e. The zero-order valence-electron chi connectivity index (χ0n) is 13.5. The molecule has 1 aliphatic heterocycles. The predicted molar refractivity (Wildman–Crippen MR) is 91.4 cm³/mol. The van der Waals surface area contributed by atoms with E-state index >= 15 is 0 Å². The summed E-state index contributed by atoms with van der Waals surface area (Å²) in [4.78, 5) is 26.3. The third-order valence-electron chi connectivity index (χ3n) is 3.71. The predicted octanol–water partition coefficient (Wildman–Crippen LogP) is 1.31. The Labute approximate surface area is 140 Å². The van der Waals surface area contributed by atoms with E-state index in [1.807, 2.05) is 24.3 Å². The van der Waals surface area contributed by atoms with Crippen LogP contribution in [0.1, 0.15) is 13.8 Å². The zero-order valence-corrected chi connectivity index (χ0v) is 14.3. The Hall–Kier alpha value is -1.57. The number of thioether (sulfide) groups is 1. The maximum Gasteiger partial charge on any atom is 0.238 e. The largest absolute Gasteiger partial charge is 0.378 e. The minimum absolute atomic E-state index is 0.0716. The summed E-state index contributed by atoms with van der Waals surface area (Å²) in [5.74, 6) is -0.269. The summed E-state index contributed by atoms with van der Waals surface area (Å²) in [5.41, 5.74) is 5.89. The number of morpholine rings is 1. The van der Waals surface area contributed by atoms with E-state index in [1.54, 1.807) is 0 Å². The molecule has 2 unspecified atom stereocenters. The molecular weight excluding hydrogens is 314 g/mol. The van der Waals surface area contributed by atoms with Crippen LogP contribution in [0.3, 0.4) is 0 Å². The summed E-state index contributed by atoms with van der Waals surface area (Å²) >= 11 is 1.32. The summed E-state index contributed by atoms with van der Waals surface area (Å²) in [6.07, 6.45) is 0. The number of nitrogens with two attached hydrogens (primary N) is 1. The lowest BCUT2D eigenvalue weighted by atomic mass is 10.1. The van der Waals surface area contributed by atoms with Crippen molar-refractivity contribution in [3.05, 3.63) is 24.3 Å². The lowest BCUT2D eigenvalue weighted by Crippen LogP contribution is -2.52. The monoisotopic (exact) mass is 337 g/mol. The van der Waals surface area contributed by atoms with Gasteiger partial charge in [-0.05, 0) is 26.0 Å². The molecule has 0 spiro atoms. The second-order valence-electron chi connectivity index (χ2n) is 5.71. The van der Waals surface area contributed by atoms with Crippen LogP contribution >= 0.6 is 11.8 Å². The molecular formula is C16H23N3O3S. The zero-order chi connectivity index (χ0) is 16.8. The molecule has 1 saturated heterocycles. The third-order valence-corrected chi connectivity index (χ3v) is 4.80. The average Bonchev–Trinajstić information content (AvgIpc) is 2.50. The maximum atomic E-state index is 12.4. The Kier molecular flexibility index (Phi) is 6.44. The minimum atomic E-state index is -0.382. The quantitative estimate of drug-likeness (QED) is 0.765. The van der Waals surface area contributed by atoms with E-state index in [9.17, 15) is 9.59 Å². The van der Waals surface area contributed by atoms with Gasteiger partial charge in [-0.15, -0.1) is 11.8 Å². The van der Waals surface area contributed by atoms with Crippen LogP contribution in [0.4, 0.5) is 5.69 Å². The van der Waals surface area contributed by atoms with Crippen molar-refractivity contribution in [2.45, 2.75) is 30.8 Å². The summed E-state index contributed by atoms with van der Waals surface area (Å²) in [6.45, 7) is 5.71. The van der Waals surface area contributed by atoms with Crippen LogP contribution in [-0.2, 0) is 14.3 Å². The first-order chi connectivity index (χ1) is 11.0. The number of ether oxygens (including phenoxy) is 1. The van der Waals surface area contributed by atoms with Gasteiger partial charge in [-0.1, -0.05) is 12.1 Å². The SMILES string of the molecule is CC1COCC(C)N1CC(=O)Nc1ccccc1SCC(N)=O. The number of amides is 2. The van der Waals surface area contributed by atoms with Crippen LogP contribution in [0, 0.1) is 0 Å². The number of hydrogen-bond acceptors (Lipinski definition) is 5. The van der Waals surface area contributed by atoms with Gasteiger partial charge in [-0.3, -0.25) is 14.5 Å². The van der Waals surface area contributed by atoms with Crippen molar-refractivity contribution >= 4 is 29.3 Å². The molecule has 0 bridgehead atoms. The highest BCUT2D eigenvalue weighted by molar-refractivity contribution is 8.00. The molecule has 2 rings (SSSR count). The van der Waals surface area contributed by atoms with Gasteiger partial charge >= 0.3 is 0 Å². The van der Waals surface area contributed by atoms with Crippen LogP contribution in [-0.4, -0.2) is 54.3 Å². The molecule has 0 radical (unpaired) electrons. The fourth-order valence-corrected chi connectivity index (χ4v) is 3.29. The van der Waals surface area contributed by atoms with Crippen LogP contribution in [0.2, 0.25) is 0 Å². The van der Waals surface area contributed by atoms with Crippen molar-refractivity contribution < 1.29 is 14.3 Å². The van der Waals surface area contributed by atoms with Gasteiger partial charge in [-0.2, -0.15) is 0 Å². The van der Waals surface area contributed by atoms with Crippen molar-refractivity contribution in [2.75, 3.05) is 30.8 Å². The number of rotatable bonds is 6. The summed E-state index contributed by atoms with van der Waals surface area (Å²) in [7, 11) is 0. The summed E-state index contributed by atoms with van der Waals surface area (Å²) in [6, 6.07) is 7.83. The number of hydrogen-bond donors (Lipinski definition) is 2. The molecule has 0 aromatic heterocycles. The molecule has 2 atom stereocenters. The van der Waals surface area contributed by atoms with E-state index in [0.717, 1.165) is 4.90 Å². The highest BCUT2D eigenvalue weighted by atomic mass is 32.2. The molecule has 1 aliphatic rings. The van der Waals surface area contributed by atoms with Gasteiger partial charge in [0.25, 0.3) is 0 Å². The van der Waals surface area contributed by atoms with Crippen molar-refractivity contribution in [1.82, 2.24) is 4.90 Å². The normalized spacial score (nSPS) is 21.8. The number of anilines is 1. The molecule has 1 heterocycles. The first kappa shape index (κ1) is 17.8. The van der Waals surface area contributed by atoms with Gasteiger partial charge in [0, 0.05) is 17.0 Å². The Morgan fingerprint density at radius 3 is 2.61 bits per heavy atom. The first-order valence-corrected chi connectivity index (χ1v) is 8.59. The molecule has 3 N–H and O–H groups in total. The third kappa shape index (κ3) is 5.23. The van der Waals surface area contributed by atoms with Crippen molar-refractivity contribution in [3.8, 4) is 0 Å². The molecule has 7 heteroatoms. The number of nitrogens with one attached hydrogen (secondary N) is 1. The molecule has 23 heavy (non-hydrogen) atoms. The second-order valence-corrected chi connectivity index (χ2v) is 6.72. The lowest BCUT2D eigenvalue weighted by Gasteiger charge is -2.38. The van der Waals surface area contributed by atoms with E-state index in [1.165, 1.54) is 11.8 Å². The topological polar surface area (TPSA) is 84.7 Å². The van der Waals surface area contributed by atoms with Crippen LogP contribution in [0.15, 0.2) is 29.2 Å². The van der Waals surface area contributed by atoms with Crippen molar-refractivity contribution in [2.24, 2.45) is 5.73 Å². The van der Waals surface area contributed by atoms with Crippen LogP contribution < -0.4 is 11.1 Å². The summed E-state index contributed by atoms with van der Waals surface area (Å²) in [5, 5.41) is 2.93. The Bertz CT molecular complexity index is 557. The number of nitrogens with zero attached hydrogens (tertiary/aromatic N) is 1. The second kappa shape index (κ2) is 8.33.